The van der Waals surface area contributed by atoms with Gasteiger partial charge in [0, 0.05) is 0 Å². The van der Waals surface area contributed by atoms with E-state index in [1.165, 1.54) is 6.56 Å². The van der Waals surface area contributed by atoms with Gasteiger partial charge in [0.25, 0.3) is 0 Å². The number of hydrogen-bond acceptors (Lipinski definition) is 0. The number of hydrogen-bond donors (Lipinski definition) is 0. The lowest BCUT2D eigenvalue weighted by Crippen LogP contribution is -1.98. The Kier molecular flexibility index (Phi) is 2.12. The Balaban J connectivity index is 3.17. The van der Waals surface area contributed by atoms with Gasteiger partial charge in [0.15, 0.2) is 6.56 Å². The van der Waals surface area contributed by atoms with E-state index in [1.54, 1.807) is 0 Å². The first-order chi connectivity index (χ1) is 2.56. The van der Waals surface area contributed by atoms with E-state index >= 15 is 0 Å². The van der Waals surface area contributed by atoms with E-state index in [9.17, 15) is 0 Å². The largest absolute Gasteiger partial charge is 0.315 e. The highest BCUT2D eigenvalue weighted by molar-refractivity contribution is 8.64. The first kappa shape index (κ1) is 6.48. The van der Waals surface area contributed by atoms with E-state index in [2.05, 4.69) is 26.5 Å². The van der Waals surface area contributed by atoms with Crippen molar-refractivity contribution < 1.29 is 0 Å². The van der Waals surface area contributed by atoms with Crippen LogP contribution in [0, 0.1) is 0 Å². The fourth-order valence-electron chi connectivity index (χ4n) is 0. The molecule has 6 heavy (non-hydrogen) atoms. The summed E-state index contributed by atoms with van der Waals surface area (Å²) in [5, 5.41) is 0. The topological polar surface area (TPSA) is 0 Å². The molecule has 0 radical (unpaired) electrons. The molecule has 0 aliphatic carbocycles. The van der Waals surface area contributed by atoms with Crippen molar-refractivity contribution in [1.82, 2.24) is 0 Å². The van der Waals surface area contributed by atoms with Crippen molar-refractivity contribution in [3.8, 4) is 0 Å². The molecule has 36 valence electrons. The van der Waals surface area contributed by atoms with Gasteiger partial charge in [-0.1, -0.05) is 19.3 Å². The Morgan fingerprint density at radius 1 is 1.50 bits per heavy atom. The Hall–Kier alpha value is 0.480. The zero-order valence-electron chi connectivity index (χ0n) is 5.12. The van der Waals surface area contributed by atoms with E-state index in [4.69, 9.17) is 0 Å². The normalized spacial score (nSPS) is 13.8. The lowest BCUT2D eigenvalue weighted by atomic mass is 10.2. The molecule has 0 N–H and O–H groups in total. The zero-order chi connectivity index (χ0) is 5.21. The average Bonchev–Trinajstić information content (AvgIpc) is 1.35. The van der Waals surface area contributed by atoms with Crippen molar-refractivity contribution in [2.45, 2.75) is 6.82 Å². The molecule has 0 unspecified atom stereocenters. The van der Waals surface area contributed by atoms with Crippen molar-refractivity contribution in [2.24, 2.45) is 0 Å². The summed E-state index contributed by atoms with van der Waals surface area (Å²) in [6, 6.07) is 0. The summed E-state index contributed by atoms with van der Waals surface area (Å²) in [4.78, 5) is 0. The molecule has 0 spiro atoms. The van der Waals surface area contributed by atoms with E-state index in [1.807, 2.05) is 0 Å². The quantitative estimate of drug-likeness (QED) is 0.408. The molecular formula is C3H12B2S. The van der Waals surface area contributed by atoms with Gasteiger partial charge in [0.1, 0.15) is 7.12 Å². The lowest BCUT2D eigenvalue weighted by Gasteiger charge is -2.20. The van der Waals surface area contributed by atoms with Crippen LogP contribution in [0.2, 0.25) is 6.82 Å². The summed E-state index contributed by atoms with van der Waals surface area (Å²) in [6.07, 6.45) is 4.65. The summed E-state index contributed by atoms with van der Waals surface area (Å²) in [7, 11) is 2.16. The van der Waals surface area contributed by atoms with Crippen molar-refractivity contribution >= 4 is 23.4 Å². The Morgan fingerprint density at radius 2 is 1.67 bits per heavy atom. The molecule has 0 fully saturated rings. The third kappa shape index (κ3) is 4.48. The number of rotatable bonds is 1. The standard InChI is InChI=1S/C3H12B2S/c1-5-6(2,3)4/h5H,4H2,1-3H3. The van der Waals surface area contributed by atoms with Crippen molar-refractivity contribution in [1.29, 1.82) is 0 Å². The Bertz CT molecular complexity index is 38.5. The summed E-state index contributed by atoms with van der Waals surface area (Å²) in [6.45, 7) is 3.60. The highest BCUT2D eigenvalue weighted by Gasteiger charge is 1.97. The van der Waals surface area contributed by atoms with E-state index < -0.39 is 0 Å². The Morgan fingerprint density at radius 3 is 1.67 bits per heavy atom. The predicted octanol–water partition coefficient (Wildman–Crippen LogP) is -0.00170. The fourth-order valence-corrected chi connectivity index (χ4v) is 0. The molecule has 0 saturated heterocycles. The molecule has 0 aliphatic rings. The Labute approximate surface area is 43.5 Å². The molecule has 0 aromatic carbocycles. The monoisotopic (exact) mass is 102 g/mol. The molecule has 0 atom stereocenters. The summed E-state index contributed by atoms with van der Waals surface area (Å²) < 4.78 is 0. The molecule has 0 saturated carbocycles. The minimum atomic E-state index is -0.162. The average molecular weight is 102 g/mol. The van der Waals surface area contributed by atoms with Crippen LogP contribution in [0.5, 0.6) is 0 Å². The third-order valence-electron chi connectivity index (χ3n) is 0.866. The van der Waals surface area contributed by atoms with Crippen LogP contribution in [-0.4, -0.2) is 26.2 Å². The SMILES string of the molecule is BS(C)(C)BC. The second-order valence-electron chi connectivity index (χ2n) is 2.38. The smallest absolute Gasteiger partial charge is 0.158 e. The van der Waals surface area contributed by atoms with Crippen LogP contribution in [0.4, 0.5) is 0 Å². The molecule has 0 aromatic heterocycles. The first-order valence-corrected chi connectivity index (χ1v) is 5.25. The summed E-state index contributed by atoms with van der Waals surface area (Å²) in [5.74, 6) is 0. The minimum absolute atomic E-state index is 0.162. The third-order valence-corrected chi connectivity index (χ3v) is 2.60. The molecule has 0 rings (SSSR count). The van der Waals surface area contributed by atoms with Crippen LogP contribution < -0.4 is 0 Å². The molecule has 0 heterocycles. The van der Waals surface area contributed by atoms with Gasteiger partial charge >= 0.3 is 0 Å². The molecule has 3 heteroatoms. The predicted molar refractivity (Wildman–Crippen MR) is 41.0 cm³/mol. The first-order valence-electron chi connectivity index (χ1n) is 2.22. The van der Waals surface area contributed by atoms with Crippen LogP contribution in [-0.2, 0) is 0 Å². The van der Waals surface area contributed by atoms with Crippen LogP contribution in [0.3, 0.4) is 0 Å². The summed E-state index contributed by atoms with van der Waals surface area (Å²) >= 11 is 0. The van der Waals surface area contributed by atoms with Gasteiger partial charge in [0.2, 0.25) is 0 Å². The van der Waals surface area contributed by atoms with Crippen molar-refractivity contribution in [2.75, 3.05) is 12.5 Å². The maximum Gasteiger partial charge on any atom is 0.158 e. The molecule has 0 bridgehead atoms. The van der Waals surface area contributed by atoms with E-state index in [0.717, 1.165) is 0 Å². The van der Waals surface area contributed by atoms with Crippen molar-refractivity contribution in [3.63, 3.8) is 0 Å². The second kappa shape index (κ2) is 1.97. The van der Waals surface area contributed by atoms with Crippen LogP contribution in [0.15, 0.2) is 0 Å². The van der Waals surface area contributed by atoms with Crippen LogP contribution in [0.25, 0.3) is 0 Å². The van der Waals surface area contributed by atoms with Crippen molar-refractivity contribution in [3.05, 3.63) is 0 Å². The maximum absolute atomic E-state index is 2.33. The van der Waals surface area contributed by atoms with Crippen LogP contribution in [0.1, 0.15) is 0 Å². The molecule has 0 aliphatic heterocycles. The molecule has 0 amide bonds. The zero-order valence-corrected chi connectivity index (χ0v) is 5.93. The van der Waals surface area contributed by atoms with Crippen LogP contribution >= 0.6 is 9.73 Å². The minimum Gasteiger partial charge on any atom is -0.315 e. The highest BCUT2D eigenvalue weighted by atomic mass is 32.3. The molecular weight excluding hydrogens is 89.7 g/mol. The van der Waals surface area contributed by atoms with Gasteiger partial charge in [-0.3, -0.25) is 0 Å². The van der Waals surface area contributed by atoms with E-state index in [-0.39, 0.29) is 9.73 Å². The van der Waals surface area contributed by atoms with Gasteiger partial charge in [-0.25, -0.2) is 0 Å². The fraction of sp³-hybridized carbons (Fsp3) is 1.00. The molecule has 0 nitrogen and oxygen atoms in total. The molecule has 0 aromatic rings. The highest BCUT2D eigenvalue weighted by Crippen LogP contribution is 2.29. The van der Waals surface area contributed by atoms with E-state index in [0.29, 0.717) is 0 Å². The van der Waals surface area contributed by atoms with Gasteiger partial charge < -0.3 is 9.73 Å². The summed E-state index contributed by atoms with van der Waals surface area (Å²) in [5.41, 5.74) is 0. The van der Waals surface area contributed by atoms with Gasteiger partial charge in [-0.2, -0.15) is 0 Å². The van der Waals surface area contributed by atoms with Gasteiger partial charge in [0.05, 0.1) is 0 Å². The maximum atomic E-state index is 2.33. The van der Waals surface area contributed by atoms with Gasteiger partial charge in [-0.15, -0.1) is 0 Å². The second-order valence-corrected chi connectivity index (χ2v) is 7.14. The van der Waals surface area contributed by atoms with Gasteiger partial charge in [-0.05, 0) is 0 Å². The lowest BCUT2D eigenvalue weighted by molar-refractivity contribution is 2.27.